The summed E-state index contributed by atoms with van der Waals surface area (Å²) >= 11 is 0. The predicted octanol–water partition coefficient (Wildman–Crippen LogP) is 4.82. The molecule has 0 fully saturated rings. The number of amides is 1. The summed E-state index contributed by atoms with van der Waals surface area (Å²) < 4.78 is 2.11. The number of allylic oxidation sites excluding steroid dienone is 1. The molecule has 0 unspecified atom stereocenters. The Balaban J connectivity index is 1.65. The van der Waals surface area contributed by atoms with Crippen molar-refractivity contribution in [2.24, 2.45) is 5.10 Å². The van der Waals surface area contributed by atoms with E-state index in [0.717, 1.165) is 28.6 Å². The molecule has 3 aromatic rings. The van der Waals surface area contributed by atoms with Crippen LogP contribution >= 0.6 is 0 Å². The van der Waals surface area contributed by atoms with E-state index in [0.29, 0.717) is 6.42 Å². The molecule has 1 heterocycles. The van der Waals surface area contributed by atoms with Gasteiger partial charge in [-0.15, -0.1) is 6.58 Å². The molecule has 0 saturated heterocycles. The number of nitrogens with zero attached hydrogens (tertiary/aromatic N) is 2. The maximum atomic E-state index is 12.2. The Bertz CT molecular complexity index is 1000. The lowest BCUT2D eigenvalue weighted by Crippen LogP contribution is -2.20. The number of benzene rings is 2. The molecule has 3 rings (SSSR count). The predicted molar refractivity (Wildman–Crippen MR) is 117 cm³/mol. The van der Waals surface area contributed by atoms with Crippen molar-refractivity contribution in [3.8, 4) is 0 Å². The van der Waals surface area contributed by atoms with Crippen LogP contribution in [0.2, 0.25) is 0 Å². The van der Waals surface area contributed by atoms with Crippen LogP contribution in [0.1, 0.15) is 37.5 Å². The molecule has 4 heteroatoms. The van der Waals surface area contributed by atoms with Crippen molar-refractivity contribution < 1.29 is 4.79 Å². The van der Waals surface area contributed by atoms with Crippen molar-refractivity contribution in [1.29, 1.82) is 0 Å². The lowest BCUT2D eigenvalue weighted by Gasteiger charge is -2.19. The monoisotopic (exact) mass is 373 g/mol. The largest absolute Gasteiger partial charge is 0.343 e. The molecule has 0 atom stereocenters. The third-order valence-corrected chi connectivity index (χ3v) is 4.72. The van der Waals surface area contributed by atoms with Gasteiger partial charge in [-0.25, -0.2) is 5.43 Å². The van der Waals surface area contributed by atoms with Gasteiger partial charge in [-0.2, -0.15) is 5.10 Å². The number of hydrogen-bond donors (Lipinski definition) is 1. The lowest BCUT2D eigenvalue weighted by atomic mass is 9.86. The zero-order valence-corrected chi connectivity index (χ0v) is 16.8. The van der Waals surface area contributed by atoms with Crippen LogP contribution < -0.4 is 5.43 Å². The van der Waals surface area contributed by atoms with Crippen molar-refractivity contribution in [3.63, 3.8) is 0 Å². The molecule has 0 aliphatic rings. The molecule has 1 N–H and O–H groups in total. The number of fused-ring (bicyclic) bond motifs is 1. The number of nitrogens with one attached hydrogen (secondary N) is 1. The Morgan fingerprint density at radius 1 is 1.14 bits per heavy atom. The summed E-state index contributed by atoms with van der Waals surface area (Å²) in [7, 11) is 0. The third-order valence-electron chi connectivity index (χ3n) is 4.72. The summed E-state index contributed by atoms with van der Waals surface area (Å²) in [5, 5.41) is 5.25. The van der Waals surface area contributed by atoms with Gasteiger partial charge in [0, 0.05) is 29.2 Å². The average molecular weight is 374 g/mol. The second-order valence-electron chi connectivity index (χ2n) is 7.96. The number of hydrazone groups is 1. The van der Waals surface area contributed by atoms with Gasteiger partial charge >= 0.3 is 0 Å². The smallest absolute Gasteiger partial charge is 0.244 e. The highest BCUT2D eigenvalue weighted by Crippen LogP contribution is 2.22. The van der Waals surface area contributed by atoms with Crippen LogP contribution in [-0.4, -0.2) is 16.7 Å². The number of carbonyl (C=O) groups is 1. The van der Waals surface area contributed by atoms with Gasteiger partial charge in [0.15, 0.2) is 0 Å². The van der Waals surface area contributed by atoms with E-state index in [-0.39, 0.29) is 11.3 Å². The van der Waals surface area contributed by atoms with E-state index in [2.05, 4.69) is 66.7 Å². The minimum Gasteiger partial charge on any atom is -0.343 e. The van der Waals surface area contributed by atoms with E-state index in [9.17, 15) is 4.79 Å². The number of rotatable bonds is 6. The number of aromatic nitrogens is 1. The summed E-state index contributed by atoms with van der Waals surface area (Å²) in [6, 6.07) is 16.3. The highest BCUT2D eigenvalue weighted by molar-refractivity contribution is 5.99. The van der Waals surface area contributed by atoms with Crippen LogP contribution in [0.25, 0.3) is 10.9 Å². The second kappa shape index (κ2) is 8.26. The van der Waals surface area contributed by atoms with Crippen LogP contribution in [0.3, 0.4) is 0 Å². The SMILES string of the molecule is C=CCn1cc(/C=N\NC(=O)Cc2ccc(C(C)(C)C)cc2)c2ccccc21. The van der Waals surface area contributed by atoms with Crippen LogP contribution in [0.15, 0.2) is 72.5 Å². The Kier molecular flexibility index (Phi) is 5.78. The first-order chi connectivity index (χ1) is 13.4. The van der Waals surface area contributed by atoms with Gasteiger partial charge in [0.05, 0.1) is 12.6 Å². The van der Waals surface area contributed by atoms with Gasteiger partial charge in [0.2, 0.25) is 5.91 Å². The number of hydrogen-bond acceptors (Lipinski definition) is 2. The minimum absolute atomic E-state index is 0.107. The fourth-order valence-corrected chi connectivity index (χ4v) is 3.19. The highest BCUT2D eigenvalue weighted by atomic mass is 16.2. The van der Waals surface area contributed by atoms with Gasteiger partial charge in [0.25, 0.3) is 0 Å². The fourth-order valence-electron chi connectivity index (χ4n) is 3.19. The molecule has 0 saturated carbocycles. The van der Waals surface area contributed by atoms with Crippen LogP contribution in [0.4, 0.5) is 0 Å². The fraction of sp³-hybridized carbons (Fsp3) is 0.250. The maximum absolute atomic E-state index is 12.2. The molecule has 1 aromatic heterocycles. The number of carbonyl (C=O) groups excluding carboxylic acids is 1. The molecule has 1 amide bonds. The molecule has 144 valence electrons. The normalized spacial score (nSPS) is 11.8. The summed E-state index contributed by atoms with van der Waals surface area (Å²) in [6.07, 6.45) is 5.88. The van der Waals surface area contributed by atoms with Gasteiger partial charge in [0.1, 0.15) is 0 Å². The van der Waals surface area contributed by atoms with Gasteiger partial charge in [-0.1, -0.05) is 69.3 Å². The molecule has 0 aliphatic heterocycles. The Hall–Kier alpha value is -3.14. The minimum atomic E-state index is -0.130. The molecule has 0 aliphatic carbocycles. The Morgan fingerprint density at radius 3 is 2.54 bits per heavy atom. The van der Waals surface area contributed by atoms with E-state index < -0.39 is 0 Å². The van der Waals surface area contributed by atoms with Crippen molar-refractivity contribution in [2.45, 2.75) is 39.2 Å². The standard InChI is InChI=1S/C24H27N3O/c1-5-14-27-17-19(21-8-6-7-9-22(21)27)16-25-26-23(28)15-18-10-12-20(13-11-18)24(2,3)4/h5-13,16-17H,1,14-15H2,2-4H3,(H,26,28)/b25-16-. The first-order valence-electron chi connectivity index (χ1n) is 9.48. The van der Waals surface area contributed by atoms with E-state index in [1.54, 1.807) is 6.21 Å². The molecule has 2 aromatic carbocycles. The molecule has 0 radical (unpaired) electrons. The molecular formula is C24H27N3O. The van der Waals surface area contributed by atoms with Crippen molar-refractivity contribution in [2.75, 3.05) is 0 Å². The van der Waals surface area contributed by atoms with Gasteiger partial charge < -0.3 is 4.57 Å². The first kappa shape index (κ1) is 19.6. The average Bonchev–Trinajstić information content (AvgIpc) is 3.00. The summed E-state index contributed by atoms with van der Waals surface area (Å²) in [4.78, 5) is 12.2. The quantitative estimate of drug-likeness (QED) is 0.376. The zero-order valence-electron chi connectivity index (χ0n) is 16.8. The molecule has 4 nitrogen and oxygen atoms in total. The van der Waals surface area contributed by atoms with Gasteiger partial charge in [-0.3, -0.25) is 4.79 Å². The van der Waals surface area contributed by atoms with Crippen LogP contribution in [0.5, 0.6) is 0 Å². The van der Waals surface area contributed by atoms with Crippen molar-refractivity contribution >= 4 is 23.0 Å². The Morgan fingerprint density at radius 2 is 1.86 bits per heavy atom. The summed E-state index contributed by atoms with van der Waals surface area (Å²) in [5.74, 6) is -0.130. The van der Waals surface area contributed by atoms with Crippen LogP contribution in [-0.2, 0) is 23.2 Å². The topological polar surface area (TPSA) is 46.4 Å². The highest BCUT2D eigenvalue weighted by Gasteiger charge is 2.13. The second-order valence-corrected chi connectivity index (χ2v) is 7.96. The van der Waals surface area contributed by atoms with Gasteiger partial charge in [-0.05, 0) is 22.6 Å². The van der Waals surface area contributed by atoms with E-state index >= 15 is 0 Å². The van der Waals surface area contributed by atoms with E-state index in [4.69, 9.17) is 0 Å². The molecule has 28 heavy (non-hydrogen) atoms. The lowest BCUT2D eigenvalue weighted by molar-refractivity contribution is -0.120. The molecule has 0 bridgehead atoms. The molecular weight excluding hydrogens is 346 g/mol. The van der Waals surface area contributed by atoms with Crippen molar-refractivity contribution in [1.82, 2.24) is 9.99 Å². The maximum Gasteiger partial charge on any atom is 0.244 e. The van der Waals surface area contributed by atoms with Crippen molar-refractivity contribution in [3.05, 3.63) is 84.1 Å². The third kappa shape index (κ3) is 4.58. The summed E-state index contributed by atoms with van der Waals surface area (Å²) in [5.41, 5.74) is 7.05. The van der Waals surface area contributed by atoms with Crippen LogP contribution in [0, 0.1) is 0 Å². The Labute approximate surface area is 166 Å². The van der Waals surface area contributed by atoms with E-state index in [1.807, 2.05) is 36.5 Å². The summed E-state index contributed by atoms with van der Waals surface area (Å²) in [6.45, 7) is 11.1. The molecule has 0 spiro atoms. The first-order valence-corrected chi connectivity index (χ1v) is 9.48. The number of para-hydroxylation sites is 1. The van der Waals surface area contributed by atoms with E-state index in [1.165, 1.54) is 5.56 Å². The zero-order chi connectivity index (χ0) is 20.1.